The van der Waals surface area contributed by atoms with Gasteiger partial charge in [0.25, 0.3) is 0 Å². The molecule has 0 amide bonds. The minimum Gasteiger partial charge on any atom is -0.229 e. The van der Waals surface area contributed by atoms with Crippen LogP contribution in [0.15, 0.2) is 0 Å². The highest BCUT2D eigenvalue weighted by Gasteiger charge is 2.13. The number of sulfonamides is 1. The van der Waals surface area contributed by atoms with Crippen molar-refractivity contribution in [1.29, 1.82) is 0 Å². The van der Waals surface area contributed by atoms with E-state index in [1.807, 2.05) is 0 Å². The average molecular weight is 215 g/mol. The number of nitrogens with two attached hydrogens (primary N) is 1. The zero-order valence-corrected chi connectivity index (χ0v) is 8.49. The van der Waals surface area contributed by atoms with Gasteiger partial charge in [0.1, 0.15) is 0 Å². The Balaban J connectivity index is 4.12. The Morgan fingerprint density at radius 3 is 1.83 bits per heavy atom. The van der Waals surface area contributed by atoms with Gasteiger partial charge >= 0.3 is 0 Å². The molecule has 12 heavy (non-hydrogen) atoms. The highest BCUT2D eigenvalue weighted by atomic mass is 32.2. The molecule has 74 valence electrons. The van der Waals surface area contributed by atoms with Gasteiger partial charge in [-0.25, -0.2) is 22.0 Å². The highest BCUT2D eigenvalue weighted by Crippen LogP contribution is 1.94. The first-order valence-corrected chi connectivity index (χ1v) is 7.01. The van der Waals surface area contributed by atoms with Crippen molar-refractivity contribution >= 4 is 19.9 Å². The fourth-order valence-electron chi connectivity index (χ4n) is 0.656. The van der Waals surface area contributed by atoms with Crippen LogP contribution in [0.25, 0.3) is 0 Å². The maximum Gasteiger partial charge on any atom is 0.210 e. The van der Waals surface area contributed by atoms with Gasteiger partial charge in [-0.05, 0) is 6.42 Å². The van der Waals surface area contributed by atoms with Gasteiger partial charge < -0.3 is 0 Å². The van der Waals surface area contributed by atoms with Crippen LogP contribution < -0.4 is 5.14 Å². The molecule has 0 aromatic rings. The van der Waals surface area contributed by atoms with Gasteiger partial charge in [-0.3, -0.25) is 0 Å². The summed E-state index contributed by atoms with van der Waals surface area (Å²) in [5.41, 5.74) is 0. The van der Waals surface area contributed by atoms with E-state index in [0.29, 0.717) is 6.42 Å². The van der Waals surface area contributed by atoms with Crippen LogP contribution >= 0.6 is 0 Å². The molecular weight excluding hydrogens is 202 g/mol. The van der Waals surface area contributed by atoms with Crippen molar-refractivity contribution in [2.75, 3.05) is 17.3 Å². The molecule has 0 radical (unpaired) electrons. The number of hydrogen-bond acceptors (Lipinski definition) is 4. The third-order valence-corrected chi connectivity index (χ3v) is 4.08. The van der Waals surface area contributed by atoms with Gasteiger partial charge in [-0.1, -0.05) is 6.92 Å². The first-order valence-electron chi connectivity index (χ1n) is 3.48. The first-order chi connectivity index (χ1) is 5.27. The fraction of sp³-hybridized carbons (Fsp3) is 1.00. The molecule has 0 aliphatic carbocycles. The summed E-state index contributed by atoms with van der Waals surface area (Å²) in [5, 5.41) is 4.65. The molecule has 7 heteroatoms. The van der Waals surface area contributed by atoms with Crippen LogP contribution in [0.2, 0.25) is 0 Å². The molecule has 0 aromatic carbocycles. The minimum absolute atomic E-state index is 0.0164. The van der Waals surface area contributed by atoms with Crippen LogP contribution in [0, 0.1) is 0 Å². The number of hydrogen-bond donors (Lipinski definition) is 1. The van der Waals surface area contributed by atoms with Crippen LogP contribution in [0.3, 0.4) is 0 Å². The van der Waals surface area contributed by atoms with Gasteiger partial charge in [0.2, 0.25) is 10.0 Å². The fourth-order valence-corrected chi connectivity index (χ4v) is 3.43. The van der Waals surface area contributed by atoms with Crippen LogP contribution in [0.4, 0.5) is 0 Å². The molecule has 0 atom stereocenters. The Labute approximate surface area is 72.9 Å². The van der Waals surface area contributed by atoms with E-state index in [-0.39, 0.29) is 11.5 Å². The molecular formula is C5H13NO4S2. The summed E-state index contributed by atoms with van der Waals surface area (Å²) < 4.78 is 42.7. The molecule has 0 saturated heterocycles. The largest absolute Gasteiger partial charge is 0.229 e. The lowest BCUT2D eigenvalue weighted by Gasteiger charge is -1.99. The normalized spacial score (nSPS) is 13.2. The monoisotopic (exact) mass is 215 g/mol. The lowest BCUT2D eigenvalue weighted by Crippen LogP contribution is -2.24. The van der Waals surface area contributed by atoms with E-state index in [4.69, 9.17) is 0 Å². The summed E-state index contributed by atoms with van der Waals surface area (Å²) in [6.07, 6.45) is 0.493. The number of primary sulfonamides is 1. The summed E-state index contributed by atoms with van der Waals surface area (Å²) in [6, 6.07) is 0. The summed E-state index contributed by atoms with van der Waals surface area (Å²) in [5.74, 6) is -0.850. The van der Waals surface area contributed by atoms with Crippen LogP contribution in [0.1, 0.15) is 13.3 Å². The zero-order chi connectivity index (χ0) is 9.83. The Morgan fingerprint density at radius 2 is 1.50 bits per heavy atom. The summed E-state index contributed by atoms with van der Waals surface area (Å²) >= 11 is 0. The lowest BCUT2D eigenvalue weighted by atomic mass is 10.6. The van der Waals surface area contributed by atoms with E-state index in [9.17, 15) is 16.8 Å². The van der Waals surface area contributed by atoms with Crippen molar-refractivity contribution in [3.05, 3.63) is 0 Å². The summed E-state index contributed by atoms with van der Waals surface area (Å²) in [4.78, 5) is 0. The molecule has 0 aliphatic heterocycles. The molecule has 0 aliphatic rings. The van der Waals surface area contributed by atoms with Crippen molar-refractivity contribution in [2.24, 2.45) is 5.14 Å². The molecule has 5 nitrogen and oxygen atoms in total. The van der Waals surface area contributed by atoms with Crippen molar-refractivity contribution in [2.45, 2.75) is 13.3 Å². The average Bonchev–Trinajstić information content (AvgIpc) is 1.83. The van der Waals surface area contributed by atoms with Crippen LogP contribution in [-0.4, -0.2) is 34.1 Å². The second kappa shape index (κ2) is 4.20. The zero-order valence-electron chi connectivity index (χ0n) is 6.86. The van der Waals surface area contributed by atoms with E-state index in [1.165, 1.54) is 0 Å². The molecule has 0 spiro atoms. The second-order valence-electron chi connectivity index (χ2n) is 2.52. The lowest BCUT2D eigenvalue weighted by molar-refractivity contribution is 0.587. The Morgan fingerprint density at radius 1 is 1.00 bits per heavy atom. The highest BCUT2D eigenvalue weighted by molar-refractivity contribution is 7.94. The van der Waals surface area contributed by atoms with E-state index >= 15 is 0 Å². The van der Waals surface area contributed by atoms with Gasteiger partial charge in [-0.2, -0.15) is 0 Å². The van der Waals surface area contributed by atoms with E-state index in [0.717, 1.165) is 0 Å². The van der Waals surface area contributed by atoms with E-state index < -0.39 is 25.6 Å². The predicted molar refractivity (Wildman–Crippen MR) is 46.9 cm³/mol. The Kier molecular flexibility index (Phi) is 4.15. The number of rotatable bonds is 5. The third kappa shape index (κ3) is 6.56. The summed E-state index contributed by atoms with van der Waals surface area (Å²) in [7, 11) is -6.88. The maximum atomic E-state index is 11.0. The molecule has 0 bridgehead atoms. The molecule has 0 saturated carbocycles. The molecule has 2 N–H and O–H groups in total. The maximum absolute atomic E-state index is 11.0. The van der Waals surface area contributed by atoms with Gasteiger partial charge in [-0.15, -0.1) is 0 Å². The molecule has 0 rings (SSSR count). The molecule has 0 fully saturated rings. The smallest absolute Gasteiger partial charge is 0.210 e. The molecule has 0 heterocycles. The number of sulfone groups is 1. The van der Waals surface area contributed by atoms with Crippen molar-refractivity contribution in [1.82, 2.24) is 0 Å². The molecule has 0 aromatic heterocycles. The minimum atomic E-state index is -3.65. The summed E-state index contributed by atoms with van der Waals surface area (Å²) in [6.45, 7) is 1.72. The second-order valence-corrected chi connectivity index (χ2v) is 6.56. The predicted octanol–water partition coefficient (Wildman–Crippen LogP) is -0.900. The van der Waals surface area contributed by atoms with E-state index in [2.05, 4.69) is 5.14 Å². The molecule has 0 unspecified atom stereocenters. The van der Waals surface area contributed by atoms with Gasteiger partial charge in [0, 0.05) is 5.75 Å². The van der Waals surface area contributed by atoms with Crippen molar-refractivity contribution in [3.63, 3.8) is 0 Å². The SMILES string of the molecule is CCCS(=O)(=O)CCS(N)(=O)=O. The van der Waals surface area contributed by atoms with E-state index in [1.54, 1.807) is 6.92 Å². The van der Waals surface area contributed by atoms with Gasteiger partial charge in [0.05, 0.1) is 11.5 Å². The standard InChI is InChI=1S/C5H13NO4S2/c1-2-3-11(7,8)4-5-12(6,9)10/h2-5H2,1H3,(H2,6,9,10). The van der Waals surface area contributed by atoms with Gasteiger partial charge in [0.15, 0.2) is 9.84 Å². The van der Waals surface area contributed by atoms with Crippen LogP contribution in [0.5, 0.6) is 0 Å². The quantitative estimate of drug-likeness (QED) is 0.643. The van der Waals surface area contributed by atoms with Crippen LogP contribution in [-0.2, 0) is 19.9 Å². The first kappa shape index (κ1) is 11.9. The van der Waals surface area contributed by atoms with Crippen molar-refractivity contribution in [3.8, 4) is 0 Å². The Hall–Kier alpha value is -0.140. The Bertz CT molecular complexity index is 315. The third-order valence-electron chi connectivity index (χ3n) is 1.19. The topological polar surface area (TPSA) is 94.3 Å². The van der Waals surface area contributed by atoms with Crippen molar-refractivity contribution < 1.29 is 16.8 Å².